The number of anilines is 1. The monoisotopic (exact) mass is 408 g/mol. The van der Waals surface area contributed by atoms with Crippen LogP contribution < -0.4 is 9.64 Å². The molecule has 1 amide bonds. The van der Waals surface area contributed by atoms with Gasteiger partial charge in [0.15, 0.2) is 5.78 Å². The van der Waals surface area contributed by atoms with Crippen LogP contribution in [0.4, 0.5) is 5.69 Å². The zero-order valence-electron chi connectivity index (χ0n) is 18.1. The number of piperidine rings is 1. The summed E-state index contributed by atoms with van der Waals surface area (Å²) in [7, 11) is 1.79. The minimum absolute atomic E-state index is 0.0191. The van der Waals surface area contributed by atoms with Crippen molar-refractivity contribution in [1.82, 2.24) is 4.90 Å². The molecule has 5 heteroatoms. The maximum Gasteiger partial charge on any atom is 0.223 e. The third kappa shape index (κ3) is 6.09. The van der Waals surface area contributed by atoms with Crippen LogP contribution in [-0.4, -0.2) is 43.3 Å². The highest BCUT2D eigenvalue weighted by Gasteiger charge is 2.14. The number of hydrogen-bond donors (Lipinski definition) is 0. The number of nitrogens with zero attached hydrogens (tertiary/aromatic N) is 2. The van der Waals surface area contributed by atoms with E-state index in [2.05, 4.69) is 29.2 Å². The van der Waals surface area contributed by atoms with Crippen LogP contribution in [-0.2, 0) is 11.3 Å². The van der Waals surface area contributed by atoms with Gasteiger partial charge in [0.2, 0.25) is 5.91 Å². The van der Waals surface area contributed by atoms with Crippen LogP contribution in [0.25, 0.3) is 0 Å². The number of ketones is 1. The fourth-order valence-electron chi connectivity index (χ4n) is 3.79. The van der Waals surface area contributed by atoms with E-state index in [0.717, 1.165) is 24.4 Å². The number of rotatable bonds is 9. The quantitative estimate of drug-likeness (QED) is 0.565. The van der Waals surface area contributed by atoms with E-state index >= 15 is 0 Å². The van der Waals surface area contributed by atoms with E-state index in [0.29, 0.717) is 18.7 Å². The third-order valence-corrected chi connectivity index (χ3v) is 5.56. The first-order valence-corrected chi connectivity index (χ1v) is 10.9. The molecule has 0 aliphatic carbocycles. The van der Waals surface area contributed by atoms with Gasteiger partial charge in [-0.25, -0.2) is 0 Å². The molecule has 2 aromatic carbocycles. The van der Waals surface area contributed by atoms with Crippen LogP contribution in [0, 0.1) is 0 Å². The molecule has 0 atom stereocenters. The van der Waals surface area contributed by atoms with Gasteiger partial charge in [0.25, 0.3) is 0 Å². The summed E-state index contributed by atoms with van der Waals surface area (Å²) in [6, 6.07) is 15.6. The Labute approximate surface area is 179 Å². The van der Waals surface area contributed by atoms with Crippen molar-refractivity contribution in [3.05, 3.63) is 59.7 Å². The van der Waals surface area contributed by atoms with Gasteiger partial charge < -0.3 is 14.5 Å². The van der Waals surface area contributed by atoms with E-state index in [1.54, 1.807) is 36.2 Å². The average Bonchev–Trinajstić information content (AvgIpc) is 2.79. The van der Waals surface area contributed by atoms with E-state index in [1.165, 1.54) is 24.9 Å². The maximum absolute atomic E-state index is 12.5. The largest absolute Gasteiger partial charge is 0.494 e. The molecule has 0 unspecified atom stereocenters. The highest BCUT2D eigenvalue weighted by atomic mass is 16.5. The molecule has 1 aliphatic heterocycles. The van der Waals surface area contributed by atoms with Crippen LogP contribution in [0.3, 0.4) is 0 Å². The van der Waals surface area contributed by atoms with Crippen LogP contribution in [0.1, 0.15) is 54.9 Å². The second-order valence-corrected chi connectivity index (χ2v) is 7.84. The topological polar surface area (TPSA) is 49.9 Å². The Balaban J connectivity index is 1.46. The molecule has 0 saturated carbocycles. The summed E-state index contributed by atoms with van der Waals surface area (Å²) < 4.78 is 5.39. The molecule has 1 heterocycles. The summed E-state index contributed by atoms with van der Waals surface area (Å²) in [5, 5.41) is 0. The number of ether oxygens (including phenoxy) is 1. The standard InChI is InChI=1S/C25H32N2O3/c1-3-30-23-13-9-21(10-14-23)24(28)15-16-25(29)26(2)19-20-7-11-22(12-8-20)27-17-5-4-6-18-27/h7-14H,3-6,15-19H2,1-2H3. The first-order valence-electron chi connectivity index (χ1n) is 10.9. The molecule has 1 saturated heterocycles. The summed E-state index contributed by atoms with van der Waals surface area (Å²) >= 11 is 0. The van der Waals surface area contributed by atoms with Gasteiger partial charge in [-0.1, -0.05) is 12.1 Å². The number of Topliss-reactive ketones (excluding diaryl/α,β-unsaturated/α-hetero) is 1. The van der Waals surface area contributed by atoms with Crippen molar-refractivity contribution < 1.29 is 14.3 Å². The van der Waals surface area contributed by atoms with Gasteiger partial charge in [-0.3, -0.25) is 9.59 Å². The van der Waals surface area contributed by atoms with Crippen molar-refractivity contribution in [3.63, 3.8) is 0 Å². The minimum atomic E-state index is -0.0225. The Morgan fingerprint density at radius 3 is 2.23 bits per heavy atom. The molecule has 0 radical (unpaired) electrons. The van der Waals surface area contributed by atoms with Crippen molar-refractivity contribution in [3.8, 4) is 5.75 Å². The van der Waals surface area contributed by atoms with E-state index in [9.17, 15) is 9.59 Å². The van der Waals surface area contributed by atoms with Crippen LogP contribution in [0.2, 0.25) is 0 Å². The summed E-state index contributed by atoms with van der Waals surface area (Å²) in [4.78, 5) is 29.0. The number of carbonyl (C=O) groups excluding carboxylic acids is 2. The van der Waals surface area contributed by atoms with E-state index in [1.807, 2.05) is 6.92 Å². The molecule has 0 aromatic heterocycles. The molecule has 1 fully saturated rings. The fraction of sp³-hybridized carbons (Fsp3) is 0.440. The molecule has 0 N–H and O–H groups in total. The molecule has 160 valence electrons. The van der Waals surface area contributed by atoms with E-state index < -0.39 is 0 Å². The highest BCUT2D eigenvalue weighted by Crippen LogP contribution is 2.21. The smallest absolute Gasteiger partial charge is 0.223 e. The molecular weight excluding hydrogens is 376 g/mol. The van der Waals surface area contributed by atoms with E-state index in [-0.39, 0.29) is 24.5 Å². The molecule has 3 rings (SSSR count). The lowest BCUT2D eigenvalue weighted by molar-refractivity contribution is -0.130. The average molecular weight is 409 g/mol. The fourth-order valence-corrected chi connectivity index (χ4v) is 3.79. The Bertz CT molecular complexity index is 824. The second kappa shape index (κ2) is 10.8. The Morgan fingerprint density at radius 1 is 0.933 bits per heavy atom. The van der Waals surface area contributed by atoms with Crippen LogP contribution >= 0.6 is 0 Å². The molecule has 5 nitrogen and oxygen atoms in total. The molecule has 1 aliphatic rings. The number of amides is 1. The first-order chi connectivity index (χ1) is 14.6. The Hall–Kier alpha value is -2.82. The summed E-state index contributed by atoms with van der Waals surface area (Å²) in [5.74, 6) is 0.705. The summed E-state index contributed by atoms with van der Waals surface area (Å²) in [6.45, 7) is 5.32. The highest BCUT2D eigenvalue weighted by molar-refractivity contribution is 5.98. The predicted octanol–water partition coefficient (Wildman–Crippen LogP) is 4.70. The van der Waals surface area contributed by atoms with Gasteiger partial charge in [-0.05, 0) is 68.1 Å². The van der Waals surface area contributed by atoms with E-state index in [4.69, 9.17) is 4.74 Å². The molecule has 0 bridgehead atoms. The lowest BCUT2D eigenvalue weighted by Gasteiger charge is -2.29. The zero-order chi connectivity index (χ0) is 21.3. The van der Waals surface area contributed by atoms with Gasteiger partial charge in [-0.2, -0.15) is 0 Å². The maximum atomic E-state index is 12.5. The van der Waals surface area contributed by atoms with Crippen molar-refractivity contribution in [2.45, 2.75) is 45.6 Å². The van der Waals surface area contributed by atoms with Gasteiger partial charge in [0.05, 0.1) is 6.61 Å². The predicted molar refractivity (Wildman–Crippen MR) is 120 cm³/mol. The Kier molecular flexibility index (Phi) is 7.89. The lowest BCUT2D eigenvalue weighted by Crippen LogP contribution is -2.29. The SMILES string of the molecule is CCOc1ccc(C(=O)CCC(=O)N(C)Cc2ccc(N3CCCCC3)cc2)cc1. The summed E-state index contributed by atoms with van der Waals surface area (Å²) in [5.41, 5.74) is 2.97. The van der Waals surface area contributed by atoms with Crippen molar-refractivity contribution in [2.24, 2.45) is 0 Å². The zero-order valence-corrected chi connectivity index (χ0v) is 18.1. The van der Waals surface area contributed by atoms with Crippen molar-refractivity contribution in [1.29, 1.82) is 0 Å². The minimum Gasteiger partial charge on any atom is -0.494 e. The van der Waals surface area contributed by atoms with Gasteiger partial charge in [-0.15, -0.1) is 0 Å². The molecular formula is C25H32N2O3. The lowest BCUT2D eigenvalue weighted by atomic mass is 10.1. The van der Waals surface area contributed by atoms with Crippen molar-refractivity contribution >= 4 is 17.4 Å². The van der Waals surface area contributed by atoms with Gasteiger partial charge in [0, 0.05) is 50.8 Å². The third-order valence-electron chi connectivity index (χ3n) is 5.56. The van der Waals surface area contributed by atoms with Crippen LogP contribution in [0.5, 0.6) is 5.75 Å². The van der Waals surface area contributed by atoms with Gasteiger partial charge >= 0.3 is 0 Å². The van der Waals surface area contributed by atoms with Crippen LogP contribution in [0.15, 0.2) is 48.5 Å². The van der Waals surface area contributed by atoms with Gasteiger partial charge in [0.1, 0.15) is 5.75 Å². The first kappa shape index (κ1) is 21.9. The number of carbonyl (C=O) groups is 2. The molecule has 30 heavy (non-hydrogen) atoms. The normalized spacial score (nSPS) is 13.7. The molecule has 0 spiro atoms. The van der Waals surface area contributed by atoms with Crippen molar-refractivity contribution in [2.75, 3.05) is 31.6 Å². The number of hydrogen-bond acceptors (Lipinski definition) is 4. The summed E-state index contributed by atoms with van der Waals surface area (Å²) in [6.07, 6.45) is 4.27. The Morgan fingerprint density at radius 2 is 1.60 bits per heavy atom. The second-order valence-electron chi connectivity index (χ2n) is 7.84. The number of benzene rings is 2. The molecule has 2 aromatic rings.